The third-order valence-corrected chi connectivity index (χ3v) is 4.84. The molecule has 1 saturated heterocycles. The van der Waals surface area contributed by atoms with Crippen molar-refractivity contribution in [3.05, 3.63) is 11.5 Å². The molecule has 0 radical (unpaired) electrons. The lowest BCUT2D eigenvalue weighted by Crippen LogP contribution is -2.71. The Morgan fingerprint density at radius 1 is 1.52 bits per heavy atom. The zero-order valence-corrected chi connectivity index (χ0v) is 15.5. The Labute approximate surface area is 151 Å². The maximum Gasteiger partial charge on any atom is 0.331 e. The fraction of sp³-hybridized carbons (Fsp3) is 0.625. The second-order valence-electron chi connectivity index (χ2n) is 6.75. The molecule has 2 aliphatic rings. The molecule has 0 aliphatic carbocycles. The van der Waals surface area contributed by atoms with Crippen molar-refractivity contribution >= 4 is 35.0 Å². The standard InChI is InChI=1S/C16H21ClN4O4/c1-5-25-13(23)15(2,3)21-10-8-18-14(17)19-11(10)20-6-7-24-9-16(20,4)12(21)22/h8H,5-7,9H2,1-4H3. The van der Waals surface area contributed by atoms with Crippen molar-refractivity contribution in [2.24, 2.45) is 0 Å². The summed E-state index contributed by atoms with van der Waals surface area (Å²) in [4.78, 5) is 37.5. The van der Waals surface area contributed by atoms with Gasteiger partial charge in [0.15, 0.2) is 5.82 Å². The summed E-state index contributed by atoms with van der Waals surface area (Å²) in [6.07, 6.45) is 1.47. The number of carbonyl (C=O) groups is 2. The predicted octanol–water partition coefficient (Wildman–Crippen LogP) is 1.41. The number of aromatic nitrogens is 2. The van der Waals surface area contributed by atoms with E-state index in [2.05, 4.69) is 9.97 Å². The van der Waals surface area contributed by atoms with Crippen LogP contribution in [0.1, 0.15) is 27.7 Å². The lowest BCUT2D eigenvalue weighted by Gasteiger charge is -2.53. The Bertz CT molecular complexity index is 726. The highest BCUT2D eigenvalue weighted by Gasteiger charge is 2.55. The first-order valence-electron chi connectivity index (χ1n) is 8.13. The number of hydrogen-bond acceptors (Lipinski definition) is 7. The quantitative estimate of drug-likeness (QED) is 0.589. The van der Waals surface area contributed by atoms with E-state index < -0.39 is 17.0 Å². The van der Waals surface area contributed by atoms with E-state index in [-0.39, 0.29) is 24.4 Å². The van der Waals surface area contributed by atoms with Crippen molar-refractivity contribution in [2.45, 2.75) is 38.8 Å². The number of carbonyl (C=O) groups excluding carboxylic acids is 2. The number of nitrogens with zero attached hydrogens (tertiary/aromatic N) is 4. The lowest BCUT2D eigenvalue weighted by atomic mass is 9.89. The summed E-state index contributed by atoms with van der Waals surface area (Å²) >= 11 is 5.99. The SMILES string of the molecule is CCOC(=O)C(C)(C)N1C(=O)C2(C)COCCN2c2nc(Cl)ncc21. The lowest BCUT2D eigenvalue weighted by molar-refractivity contribution is -0.150. The van der Waals surface area contributed by atoms with E-state index in [0.717, 1.165) is 0 Å². The maximum atomic E-state index is 13.4. The van der Waals surface area contributed by atoms with Gasteiger partial charge in [-0.2, -0.15) is 4.98 Å². The Morgan fingerprint density at radius 3 is 2.92 bits per heavy atom. The molecule has 1 aromatic heterocycles. The van der Waals surface area contributed by atoms with Crippen molar-refractivity contribution in [2.75, 3.05) is 36.2 Å². The van der Waals surface area contributed by atoms with E-state index in [1.165, 1.54) is 11.1 Å². The second kappa shape index (κ2) is 6.10. The largest absolute Gasteiger partial charge is 0.464 e. The van der Waals surface area contributed by atoms with Crippen molar-refractivity contribution in [3.63, 3.8) is 0 Å². The number of fused-ring (bicyclic) bond motifs is 3. The molecule has 25 heavy (non-hydrogen) atoms. The molecule has 1 aromatic rings. The summed E-state index contributed by atoms with van der Waals surface area (Å²) in [6.45, 7) is 8.18. The molecule has 0 N–H and O–H groups in total. The minimum absolute atomic E-state index is 0.0795. The van der Waals surface area contributed by atoms with Crippen LogP contribution in [0.3, 0.4) is 0 Å². The van der Waals surface area contributed by atoms with Crippen LogP contribution in [0.2, 0.25) is 5.28 Å². The fourth-order valence-corrected chi connectivity index (χ4v) is 3.40. The van der Waals surface area contributed by atoms with Crippen molar-refractivity contribution in [1.82, 2.24) is 9.97 Å². The van der Waals surface area contributed by atoms with Crippen molar-refractivity contribution in [1.29, 1.82) is 0 Å². The van der Waals surface area contributed by atoms with Crippen molar-refractivity contribution in [3.8, 4) is 0 Å². The topological polar surface area (TPSA) is 84.9 Å². The van der Waals surface area contributed by atoms with Crippen LogP contribution in [-0.4, -0.2) is 59.3 Å². The Balaban J connectivity index is 2.18. The van der Waals surface area contributed by atoms with Crippen LogP contribution in [0, 0.1) is 0 Å². The van der Waals surface area contributed by atoms with Gasteiger partial charge >= 0.3 is 5.97 Å². The highest BCUT2D eigenvalue weighted by molar-refractivity contribution is 6.28. The van der Waals surface area contributed by atoms with Crippen LogP contribution in [0.5, 0.6) is 0 Å². The van der Waals surface area contributed by atoms with E-state index >= 15 is 0 Å². The van der Waals surface area contributed by atoms with Crippen LogP contribution in [0.25, 0.3) is 0 Å². The van der Waals surface area contributed by atoms with E-state index in [1.807, 2.05) is 4.90 Å². The fourth-order valence-electron chi connectivity index (χ4n) is 3.27. The summed E-state index contributed by atoms with van der Waals surface area (Å²) < 4.78 is 10.7. The monoisotopic (exact) mass is 368 g/mol. The molecular formula is C16H21ClN4O4. The van der Waals surface area contributed by atoms with Gasteiger partial charge in [-0.05, 0) is 39.3 Å². The number of rotatable bonds is 3. The number of halogens is 1. The van der Waals surface area contributed by atoms with E-state index in [0.29, 0.717) is 24.7 Å². The molecular weight excluding hydrogens is 348 g/mol. The highest BCUT2D eigenvalue weighted by atomic mass is 35.5. The van der Waals surface area contributed by atoms with Crippen LogP contribution in [0.15, 0.2) is 6.20 Å². The van der Waals surface area contributed by atoms with Gasteiger partial charge in [0.25, 0.3) is 5.91 Å². The zero-order chi connectivity index (χ0) is 18.4. The Hall–Kier alpha value is -1.93. The Kier molecular flexibility index (Phi) is 4.36. The number of morpholine rings is 1. The third kappa shape index (κ3) is 2.64. The minimum atomic E-state index is -1.23. The first kappa shape index (κ1) is 17.9. The predicted molar refractivity (Wildman–Crippen MR) is 91.8 cm³/mol. The molecule has 1 atom stereocenters. The molecule has 136 valence electrons. The number of hydrogen-bond donors (Lipinski definition) is 0. The number of amides is 1. The van der Waals surface area contributed by atoms with Gasteiger partial charge < -0.3 is 14.4 Å². The number of esters is 1. The molecule has 0 bridgehead atoms. The zero-order valence-electron chi connectivity index (χ0n) is 14.7. The van der Waals surface area contributed by atoms with E-state index in [4.69, 9.17) is 21.1 Å². The van der Waals surface area contributed by atoms with Crippen LogP contribution in [-0.2, 0) is 19.1 Å². The first-order chi connectivity index (χ1) is 11.7. The van der Waals surface area contributed by atoms with Gasteiger partial charge in [-0.15, -0.1) is 0 Å². The molecule has 0 aromatic carbocycles. The average Bonchev–Trinajstić information content (AvgIpc) is 2.56. The Morgan fingerprint density at radius 2 is 2.24 bits per heavy atom. The molecule has 1 amide bonds. The van der Waals surface area contributed by atoms with Crippen LogP contribution in [0.4, 0.5) is 11.5 Å². The second-order valence-corrected chi connectivity index (χ2v) is 7.08. The molecule has 8 nitrogen and oxygen atoms in total. The normalized spacial score (nSPS) is 23.2. The smallest absolute Gasteiger partial charge is 0.331 e. The molecule has 0 spiro atoms. The van der Waals surface area contributed by atoms with Gasteiger partial charge in [-0.3, -0.25) is 9.69 Å². The van der Waals surface area contributed by atoms with Gasteiger partial charge in [-0.25, -0.2) is 9.78 Å². The van der Waals surface area contributed by atoms with Gasteiger partial charge in [-0.1, -0.05) is 0 Å². The van der Waals surface area contributed by atoms with Gasteiger partial charge in [0.05, 0.1) is 26.0 Å². The number of ether oxygens (including phenoxy) is 2. The summed E-state index contributed by atoms with van der Waals surface area (Å²) in [5.74, 6) is -0.246. The van der Waals surface area contributed by atoms with Gasteiger partial charge in [0.2, 0.25) is 5.28 Å². The summed E-state index contributed by atoms with van der Waals surface area (Å²) in [5, 5.41) is 0.0795. The van der Waals surface area contributed by atoms with E-state index in [1.54, 1.807) is 27.7 Å². The van der Waals surface area contributed by atoms with Gasteiger partial charge in [0, 0.05) is 6.54 Å². The summed E-state index contributed by atoms with van der Waals surface area (Å²) in [6, 6.07) is 0. The van der Waals surface area contributed by atoms with Crippen LogP contribution >= 0.6 is 11.6 Å². The summed E-state index contributed by atoms with van der Waals surface area (Å²) in [5.41, 5.74) is -1.77. The van der Waals surface area contributed by atoms with Gasteiger partial charge in [0.1, 0.15) is 16.8 Å². The molecule has 3 rings (SSSR count). The molecule has 0 saturated carbocycles. The molecule has 2 aliphatic heterocycles. The molecule has 1 fully saturated rings. The average molecular weight is 369 g/mol. The summed E-state index contributed by atoms with van der Waals surface area (Å²) in [7, 11) is 0. The van der Waals surface area contributed by atoms with E-state index in [9.17, 15) is 9.59 Å². The molecule has 9 heteroatoms. The van der Waals surface area contributed by atoms with Crippen LogP contribution < -0.4 is 9.80 Å². The van der Waals surface area contributed by atoms with Crippen molar-refractivity contribution < 1.29 is 19.1 Å². The first-order valence-corrected chi connectivity index (χ1v) is 8.51. The highest BCUT2D eigenvalue weighted by Crippen LogP contribution is 2.43. The molecule has 3 heterocycles. The maximum absolute atomic E-state index is 13.4. The molecule has 1 unspecified atom stereocenters. The minimum Gasteiger partial charge on any atom is -0.464 e. The number of anilines is 2. The third-order valence-electron chi connectivity index (χ3n) is 4.65.